The first-order valence-corrected chi connectivity index (χ1v) is 10.4. The highest BCUT2D eigenvalue weighted by atomic mass is 19.4. The van der Waals surface area contributed by atoms with Gasteiger partial charge in [0.2, 0.25) is 0 Å². The molecule has 0 aliphatic rings. The number of hydrogen-bond donors (Lipinski definition) is 2. The first-order valence-electron chi connectivity index (χ1n) is 10.4. The van der Waals surface area contributed by atoms with Crippen LogP contribution in [0, 0.1) is 11.6 Å². The molecule has 0 radical (unpaired) electrons. The molecule has 0 saturated carbocycles. The molecule has 0 bridgehead atoms. The lowest BCUT2D eigenvalue weighted by molar-refractivity contribution is -0.201. The summed E-state index contributed by atoms with van der Waals surface area (Å²) in [7, 11) is 0. The molecular formula is C25H21F8NO. The van der Waals surface area contributed by atoms with Crippen molar-refractivity contribution in [3.05, 3.63) is 107 Å². The number of aliphatic hydroxyl groups is 1. The Hall–Kier alpha value is -2.98. The number of aliphatic hydroxyl groups excluding tert-OH is 1. The van der Waals surface area contributed by atoms with Gasteiger partial charge in [-0.1, -0.05) is 42.5 Å². The Kier molecular flexibility index (Phi) is 7.86. The van der Waals surface area contributed by atoms with Gasteiger partial charge in [-0.2, -0.15) is 26.3 Å². The topological polar surface area (TPSA) is 32.3 Å². The molecule has 1 unspecified atom stereocenters. The maximum absolute atomic E-state index is 14.4. The van der Waals surface area contributed by atoms with Gasteiger partial charge in [0.25, 0.3) is 0 Å². The van der Waals surface area contributed by atoms with Crippen LogP contribution in [0.4, 0.5) is 35.1 Å². The van der Waals surface area contributed by atoms with Crippen molar-refractivity contribution in [3.8, 4) is 0 Å². The normalized spacial score (nSPS) is 15.0. The van der Waals surface area contributed by atoms with Crippen LogP contribution in [-0.4, -0.2) is 30.5 Å². The van der Waals surface area contributed by atoms with E-state index in [1.165, 1.54) is 12.1 Å². The summed E-state index contributed by atoms with van der Waals surface area (Å²) in [5, 5.41) is 11.9. The summed E-state index contributed by atoms with van der Waals surface area (Å²) in [5.74, 6) is -1.83. The first-order chi connectivity index (χ1) is 16.3. The van der Waals surface area contributed by atoms with Crippen LogP contribution < -0.4 is 5.32 Å². The number of alkyl halides is 6. The third kappa shape index (κ3) is 6.58. The Morgan fingerprint density at radius 1 is 0.714 bits per heavy atom. The Balaban J connectivity index is 2.19. The van der Waals surface area contributed by atoms with Gasteiger partial charge in [0.1, 0.15) is 11.6 Å². The maximum atomic E-state index is 14.4. The third-order valence-corrected chi connectivity index (χ3v) is 5.67. The molecule has 2 nitrogen and oxygen atoms in total. The molecule has 0 amide bonds. The largest absolute Gasteiger partial charge is 0.416 e. The zero-order valence-corrected chi connectivity index (χ0v) is 18.1. The highest BCUT2D eigenvalue weighted by Gasteiger charge is 2.41. The molecule has 0 spiro atoms. The van der Waals surface area contributed by atoms with Gasteiger partial charge in [0.05, 0.1) is 5.56 Å². The summed E-state index contributed by atoms with van der Waals surface area (Å²) in [6, 6.07) is 15.0. The number of nitrogens with one attached hydrogen (secondary N) is 1. The van der Waals surface area contributed by atoms with E-state index in [1.54, 1.807) is 30.3 Å². The van der Waals surface area contributed by atoms with Crippen LogP contribution in [0.25, 0.3) is 0 Å². The van der Waals surface area contributed by atoms with Gasteiger partial charge in [-0.25, -0.2) is 8.78 Å². The molecule has 0 fully saturated rings. The zero-order valence-electron chi connectivity index (χ0n) is 18.1. The fourth-order valence-electron chi connectivity index (χ4n) is 3.92. The molecule has 10 heteroatoms. The second-order valence-corrected chi connectivity index (χ2v) is 8.17. The summed E-state index contributed by atoms with van der Waals surface area (Å²) < 4.78 is 107. The summed E-state index contributed by atoms with van der Waals surface area (Å²) >= 11 is 0. The van der Waals surface area contributed by atoms with Crippen molar-refractivity contribution in [2.75, 3.05) is 13.1 Å². The summed E-state index contributed by atoms with van der Waals surface area (Å²) in [5.41, 5.74) is -2.16. The molecule has 3 aromatic carbocycles. The highest BCUT2D eigenvalue weighted by Crippen LogP contribution is 2.39. The summed E-state index contributed by atoms with van der Waals surface area (Å²) in [6.07, 6.45) is -12.6. The van der Waals surface area contributed by atoms with E-state index >= 15 is 0 Å². The molecule has 0 aliphatic heterocycles. The van der Waals surface area contributed by atoms with Crippen LogP contribution in [0.5, 0.6) is 0 Å². The Morgan fingerprint density at radius 3 is 1.89 bits per heavy atom. The Bertz CT molecular complexity index is 1110. The molecule has 3 aromatic rings. The van der Waals surface area contributed by atoms with E-state index in [-0.39, 0.29) is 17.5 Å². The minimum Gasteiger partial charge on any atom is -0.382 e. The molecule has 2 atom stereocenters. The standard InChI is InChI=1S/C25H21F8NO/c26-20-8-6-17(7-9-20)23(13-16-4-2-1-3-5-16,15-34-14-22(35)25(31,32)33)18-10-19(24(28,29)30)12-21(27)11-18/h1-12,22,34-35H,13-15H2/t22-,23?/m0/s1. The molecule has 2 N–H and O–H groups in total. The average Bonchev–Trinajstić information content (AvgIpc) is 2.78. The molecule has 0 heterocycles. The predicted molar refractivity (Wildman–Crippen MR) is 114 cm³/mol. The van der Waals surface area contributed by atoms with E-state index in [2.05, 4.69) is 5.32 Å². The van der Waals surface area contributed by atoms with Crippen molar-refractivity contribution in [2.24, 2.45) is 0 Å². The average molecular weight is 503 g/mol. The van der Waals surface area contributed by atoms with Gasteiger partial charge in [0, 0.05) is 18.5 Å². The van der Waals surface area contributed by atoms with Crippen molar-refractivity contribution < 1.29 is 40.2 Å². The number of benzene rings is 3. The zero-order chi connectivity index (χ0) is 25.9. The predicted octanol–water partition coefficient (Wildman–Crippen LogP) is 6.03. The smallest absolute Gasteiger partial charge is 0.382 e. The number of rotatable bonds is 8. The van der Waals surface area contributed by atoms with E-state index in [0.717, 1.165) is 24.3 Å². The molecule has 0 aromatic heterocycles. The van der Waals surface area contributed by atoms with Gasteiger partial charge in [-0.05, 0) is 53.4 Å². The van der Waals surface area contributed by atoms with Crippen LogP contribution in [-0.2, 0) is 18.0 Å². The number of hydrogen-bond acceptors (Lipinski definition) is 2. The van der Waals surface area contributed by atoms with Crippen LogP contribution in [0.3, 0.4) is 0 Å². The van der Waals surface area contributed by atoms with Gasteiger partial charge in [-0.15, -0.1) is 0 Å². The molecular weight excluding hydrogens is 482 g/mol. The third-order valence-electron chi connectivity index (χ3n) is 5.67. The number of halogens is 8. The maximum Gasteiger partial charge on any atom is 0.416 e. The minimum absolute atomic E-state index is 0.0602. The Labute approximate surface area is 196 Å². The second-order valence-electron chi connectivity index (χ2n) is 8.17. The summed E-state index contributed by atoms with van der Waals surface area (Å²) in [4.78, 5) is 0. The van der Waals surface area contributed by atoms with Crippen LogP contribution >= 0.6 is 0 Å². The van der Waals surface area contributed by atoms with E-state index in [0.29, 0.717) is 11.6 Å². The molecule has 3 rings (SSSR count). The second kappa shape index (κ2) is 10.3. The molecule has 188 valence electrons. The monoisotopic (exact) mass is 503 g/mol. The SMILES string of the molecule is O[C@@H](CNCC(Cc1ccccc1)(c1ccc(F)cc1)c1cc(F)cc(C(F)(F)F)c1)C(F)(F)F. The summed E-state index contributed by atoms with van der Waals surface area (Å²) in [6.45, 7) is -1.37. The van der Waals surface area contributed by atoms with Crippen LogP contribution in [0.15, 0.2) is 72.8 Å². The van der Waals surface area contributed by atoms with E-state index < -0.39 is 54.2 Å². The van der Waals surface area contributed by atoms with Gasteiger partial charge in [0.15, 0.2) is 6.10 Å². The minimum atomic E-state index is -4.92. The van der Waals surface area contributed by atoms with Crippen molar-refractivity contribution in [1.29, 1.82) is 0 Å². The van der Waals surface area contributed by atoms with Gasteiger partial charge >= 0.3 is 12.4 Å². The fourth-order valence-corrected chi connectivity index (χ4v) is 3.92. The fraction of sp³-hybridized carbons (Fsp3) is 0.280. The lowest BCUT2D eigenvalue weighted by Gasteiger charge is -2.37. The van der Waals surface area contributed by atoms with E-state index in [9.17, 15) is 40.2 Å². The molecule has 35 heavy (non-hydrogen) atoms. The van der Waals surface area contributed by atoms with Crippen molar-refractivity contribution >= 4 is 0 Å². The lowest BCUT2D eigenvalue weighted by Crippen LogP contribution is -2.46. The van der Waals surface area contributed by atoms with Crippen molar-refractivity contribution in [2.45, 2.75) is 30.3 Å². The van der Waals surface area contributed by atoms with E-state index in [1.807, 2.05) is 0 Å². The van der Waals surface area contributed by atoms with Crippen LogP contribution in [0.2, 0.25) is 0 Å². The lowest BCUT2D eigenvalue weighted by atomic mass is 9.70. The van der Waals surface area contributed by atoms with Gasteiger partial charge in [-0.3, -0.25) is 0 Å². The molecule has 0 saturated heterocycles. The van der Waals surface area contributed by atoms with Crippen molar-refractivity contribution in [1.82, 2.24) is 5.32 Å². The molecule has 0 aliphatic carbocycles. The Morgan fingerprint density at radius 2 is 1.31 bits per heavy atom. The van der Waals surface area contributed by atoms with Crippen molar-refractivity contribution in [3.63, 3.8) is 0 Å². The first kappa shape index (κ1) is 26.6. The quantitative estimate of drug-likeness (QED) is 0.369. The van der Waals surface area contributed by atoms with Gasteiger partial charge < -0.3 is 10.4 Å². The van der Waals surface area contributed by atoms with Crippen LogP contribution in [0.1, 0.15) is 22.3 Å². The highest BCUT2D eigenvalue weighted by molar-refractivity contribution is 5.45. The van der Waals surface area contributed by atoms with E-state index in [4.69, 9.17) is 0 Å².